The van der Waals surface area contributed by atoms with Crippen LogP contribution in [0.25, 0.3) is 22.3 Å². The Labute approximate surface area is 182 Å². The summed E-state index contributed by atoms with van der Waals surface area (Å²) in [5.74, 6) is 1.24. The lowest BCUT2D eigenvalue weighted by Gasteiger charge is -2.12. The number of hydrogen-bond acceptors (Lipinski definition) is 6. The molecular formula is C24H20N4O4. The Kier molecular flexibility index (Phi) is 5.03. The average Bonchev–Trinajstić information content (AvgIpc) is 3.52. The summed E-state index contributed by atoms with van der Waals surface area (Å²) < 4.78 is 13.4. The molecule has 0 saturated carbocycles. The molecule has 0 radical (unpaired) electrons. The predicted octanol–water partition coefficient (Wildman–Crippen LogP) is 3.47. The van der Waals surface area contributed by atoms with Gasteiger partial charge in [-0.15, -0.1) is 0 Å². The number of aromatic nitrogens is 4. The number of benzene rings is 2. The normalized spacial score (nSPS) is 11.3. The van der Waals surface area contributed by atoms with Crippen molar-refractivity contribution in [3.05, 3.63) is 105 Å². The first kappa shape index (κ1) is 19.7. The lowest BCUT2D eigenvalue weighted by Crippen LogP contribution is -2.40. The first-order chi connectivity index (χ1) is 15.6. The van der Waals surface area contributed by atoms with Gasteiger partial charge in [0.25, 0.3) is 5.56 Å². The minimum Gasteiger partial charge on any atom is -0.467 e. The largest absolute Gasteiger partial charge is 0.467 e. The topological polar surface area (TPSA) is 96.1 Å². The van der Waals surface area contributed by atoms with E-state index in [0.717, 1.165) is 16.6 Å². The van der Waals surface area contributed by atoms with Crippen molar-refractivity contribution in [2.45, 2.75) is 26.4 Å². The standard InChI is InChI=1S/C24H20N4O4/c1-2-16-9-11-17(12-10-16)22-25-21(32-26-22)15-27-20-8-4-3-7-19(20)23(29)28(24(27)30)14-18-6-5-13-31-18/h3-13H,2,14-15H2,1H3. The first-order valence-electron chi connectivity index (χ1n) is 10.3. The molecule has 0 N–H and O–H groups in total. The van der Waals surface area contributed by atoms with Gasteiger partial charge in [0.2, 0.25) is 11.7 Å². The van der Waals surface area contributed by atoms with Crippen LogP contribution in [0.4, 0.5) is 0 Å². The fraction of sp³-hybridized carbons (Fsp3) is 0.167. The van der Waals surface area contributed by atoms with Crippen LogP contribution in [0.2, 0.25) is 0 Å². The molecule has 0 unspecified atom stereocenters. The number of furan rings is 1. The van der Waals surface area contributed by atoms with Crippen molar-refractivity contribution in [3.63, 3.8) is 0 Å². The molecule has 0 atom stereocenters. The van der Waals surface area contributed by atoms with Gasteiger partial charge in [-0.1, -0.05) is 48.5 Å². The van der Waals surface area contributed by atoms with Crippen LogP contribution >= 0.6 is 0 Å². The number of nitrogens with zero attached hydrogens (tertiary/aromatic N) is 4. The Balaban J connectivity index is 1.56. The average molecular weight is 428 g/mol. The van der Waals surface area contributed by atoms with Gasteiger partial charge in [0.15, 0.2) is 0 Å². The van der Waals surface area contributed by atoms with Crippen LogP contribution < -0.4 is 11.2 Å². The van der Waals surface area contributed by atoms with E-state index in [4.69, 9.17) is 8.94 Å². The van der Waals surface area contributed by atoms with Crippen molar-refractivity contribution in [2.24, 2.45) is 0 Å². The molecule has 0 bridgehead atoms. The molecule has 3 aromatic heterocycles. The van der Waals surface area contributed by atoms with Gasteiger partial charge in [0.1, 0.15) is 12.3 Å². The maximum absolute atomic E-state index is 13.3. The van der Waals surface area contributed by atoms with E-state index in [2.05, 4.69) is 17.1 Å². The van der Waals surface area contributed by atoms with Crippen LogP contribution in [0.3, 0.4) is 0 Å². The van der Waals surface area contributed by atoms with Gasteiger partial charge in [-0.25, -0.2) is 4.79 Å². The maximum Gasteiger partial charge on any atom is 0.332 e. The molecule has 5 rings (SSSR count). The van der Waals surface area contributed by atoms with Gasteiger partial charge in [-0.3, -0.25) is 13.9 Å². The molecule has 0 aliphatic rings. The van der Waals surface area contributed by atoms with Crippen molar-refractivity contribution in [2.75, 3.05) is 0 Å². The van der Waals surface area contributed by atoms with Crippen LogP contribution in [-0.4, -0.2) is 19.3 Å². The number of rotatable bonds is 6. The Morgan fingerprint density at radius 2 is 1.72 bits per heavy atom. The minimum absolute atomic E-state index is 0.0361. The third-order valence-electron chi connectivity index (χ3n) is 5.41. The molecule has 2 aromatic carbocycles. The lowest BCUT2D eigenvalue weighted by molar-refractivity contribution is 0.369. The van der Waals surface area contributed by atoms with Crippen LogP contribution in [0, 0.1) is 0 Å². The second kappa shape index (κ2) is 8.14. The van der Waals surface area contributed by atoms with E-state index >= 15 is 0 Å². The van der Waals surface area contributed by atoms with Crippen LogP contribution in [0.5, 0.6) is 0 Å². The van der Waals surface area contributed by atoms with E-state index in [0.29, 0.717) is 22.5 Å². The number of fused-ring (bicyclic) bond motifs is 1. The van der Waals surface area contributed by atoms with Crippen molar-refractivity contribution in [1.29, 1.82) is 0 Å². The highest BCUT2D eigenvalue weighted by Crippen LogP contribution is 2.18. The van der Waals surface area contributed by atoms with Gasteiger partial charge < -0.3 is 8.94 Å². The zero-order valence-corrected chi connectivity index (χ0v) is 17.4. The summed E-state index contributed by atoms with van der Waals surface area (Å²) in [6.07, 6.45) is 2.45. The van der Waals surface area contributed by atoms with Gasteiger partial charge in [0, 0.05) is 5.56 Å². The van der Waals surface area contributed by atoms with E-state index in [1.807, 2.05) is 24.3 Å². The molecule has 8 heteroatoms. The number of aryl methyl sites for hydroxylation is 1. The summed E-state index contributed by atoms with van der Waals surface area (Å²) in [6.45, 7) is 2.17. The summed E-state index contributed by atoms with van der Waals surface area (Å²) in [6, 6.07) is 18.3. The van der Waals surface area contributed by atoms with E-state index in [1.165, 1.54) is 16.4 Å². The zero-order valence-electron chi connectivity index (χ0n) is 17.4. The molecule has 0 amide bonds. The van der Waals surface area contributed by atoms with Gasteiger partial charge >= 0.3 is 5.69 Å². The molecule has 0 aliphatic heterocycles. The van der Waals surface area contributed by atoms with Crippen molar-refractivity contribution < 1.29 is 8.94 Å². The highest BCUT2D eigenvalue weighted by Gasteiger charge is 2.17. The fourth-order valence-corrected chi connectivity index (χ4v) is 3.68. The highest BCUT2D eigenvalue weighted by atomic mass is 16.5. The van der Waals surface area contributed by atoms with E-state index in [1.54, 1.807) is 36.4 Å². The van der Waals surface area contributed by atoms with Gasteiger partial charge in [0.05, 0.1) is 23.7 Å². The summed E-state index contributed by atoms with van der Waals surface area (Å²) in [5, 5.41) is 4.49. The second-order valence-electron chi connectivity index (χ2n) is 7.42. The minimum atomic E-state index is -0.475. The quantitative estimate of drug-likeness (QED) is 0.411. The monoisotopic (exact) mass is 428 g/mol. The molecule has 3 heterocycles. The van der Waals surface area contributed by atoms with E-state index in [9.17, 15) is 9.59 Å². The van der Waals surface area contributed by atoms with Crippen molar-refractivity contribution in [1.82, 2.24) is 19.3 Å². The van der Waals surface area contributed by atoms with Crippen molar-refractivity contribution >= 4 is 10.9 Å². The summed E-state index contributed by atoms with van der Waals surface area (Å²) >= 11 is 0. The predicted molar refractivity (Wildman–Crippen MR) is 118 cm³/mol. The molecule has 160 valence electrons. The van der Waals surface area contributed by atoms with E-state index < -0.39 is 5.69 Å². The Hall–Kier alpha value is -4.20. The molecule has 0 fully saturated rings. The number of para-hydroxylation sites is 1. The highest BCUT2D eigenvalue weighted by molar-refractivity contribution is 5.77. The van der Waals surface area contributed by atoms with Crippen LogP contribution in [0.15, 0.2) is 85.5 Å². The Morgan fingerprint density at radius 3 is 2.47 bits per heavy atom. The molecule has 0 aliphatic carbocycles. The molecule has 0 saturated heterocycles. The third-order valence-corrected chi connectivity index (χ3v) is 5.41. The van der Waals surface area contributed by atoms with Crippen LogP contribution in [0.1, 0.15) is 24.1 Å². The van der Waals surface area contributed by atoms with Crippen molar-refractivity contribution in [3.8, 4) is 11.4 Å². The molecule has 8 nitrogen and oxygen atoms in total. The van der Waals surface area contributed by atoms with Crippen LogP contribution in [-0.2, 0) is 19.5 Å². The molecule has 0 spiro atoms. The summed E-state index contributed by atoms with van der Waals surface area (Å²) in [5.41, 5.74) is 1.70. The van der Waals surface area contributed by atoms with Gasteiger partial charge in [-0.05, 0) is 36.2 Å². The van der Waals surface area contributed by atoms with E-state index in [-0.39, 0.29) is 24.5 Å². The molecule has 5 aromatic rings. The first-order valence-corrected chi connectivity index (χ1v) is 10.3. The summed E-state index contributed by atoms with van der Waals surface area (Å²) in [7, 11) is 0. The van der Waals surface area contributed by atoms with Gasteiger partial charge in [-0.2, -0.15) is 4.98 Å². The SMILES string of the molecule is CCc1ccc(-c2noc(Cn3c(=O)n(Cc4ccco4)c(=O)c4ccccc43)n2)cc1. The molecular weight excluding hydrogens is 408 g/mol. The third kappa shape index (κ3) is 3.56. The summed E-state index contributed by atoms with van der Waals surface area (Å²) in [4.78, 5) is 30.7. The number of hydrogen-bond donors (Lipinski definition) is 0. The maximum atomic E-state index is 13.3. The molecule has 32 heavy (non-hydrogen) atoms. The fourth-order valence-electron chi connectivity index (χ4n) is 3.68. The smallest absolute Gasteiger partial charge is 0.332 e. The Bertz CT molecular complexity index is 1490. The second-order valence-corrected chi connectivity index (χ2v) is 7.42. The Morgan fingerprint density at radius 1 is 0.906 bits per heavy atom. The zero-order chi connectivity index (χ0) is 22.1. The lowest BCUT2D eigenvalue weighted by atomic mass is 10.1.